The maximum Gasteiger partial charge on any atom is 0.317 e. The maximum atomic E-state index is 11.9. The van der Waals surface area contributed by atoms with Crippen LogP contribution in [0.5, 0.6) is 5.75 Å². The molecule has 0 bridgehead atoms. The van der Waals surface area contributed by atoms with Gasteiger partial charge >= 0.3 is 12.0 Å². The molecule has 6 nitrogen and oxygen atoms in total. The second-order valence-electron chi connectivity index (χ2n) is 4.70. The van der Waals surface area contributed by atoms with Crippen molar-refractivity contribution in [3.63, 3.8) is 0 Å². The molecule has 0 radical (unpaired) electrons. The standard InChI is InChI=1S/C14H19ClN2O4/c1-9(13(18)19)8-17(2)14(20)16-7-10-11(15)5-4-6-12(10)21-3/h4-6,9H,7-8H2,1-3H3,(H,16,20)(H,18,19). The van der Waals surface area contributed by atoms with Crippen molar-refractivity contribution in [2.24, 2.45) is 5.92 Å². The normalized spacial score (nSPS) is 11.6. The van der Waals surface area contributed by atoms with Gasteiger partial charge in [0.15, 0.2) is 0 Å². The number of urea groups is 1. The molecule has 0 heterocycles. The molecule has 2 amide bonds. The summed E-state index contributed by atoms with van der Waals surface area (Å²) in [5, 5.41) is 12.0. The number of hydrogen-bond acceptors (Lipinski definition) is 3. The number of halogens is 1. The van der Waals surface area contributed by atoms with E-state index in [-0.39, 0.29) is 19.1 Å². The van der Waals surface area contributed by atoms with Crippen molar-refractivity contribution in [3.8, 4) is 5.75 Å². The van der Waals surface area contributed by atoms with Gasteiger partial charge in [0, 0.05) is 30.7 Å². The zero-order valence-corrected chi connectivity index (χ0v) is 13.0. The minimum absolute atomic E-state index is 0.126. The minimum atomic E-state index is -0.942. The fourth-order valence-corrected chi connectivity index (χ4v) is 2.01. The number of aliphatic carboxylic acids is 1. The van der Waals surface area contributed by atoms with Crippen molar-refractivity contribution in [1.29, 1.82) is 0 Å². The molecule has 1 aromatic rings. The van der Waals surface area contributed by atoms with E-state index >= 15 is 0 Å². The van der Waals surface area contributed by atoms with E-state index < -0.39 is 11.9 Å². The first-order chi connectivity index (χ1) is 9.86. The second-order valence-corrected chi connectivity index (χ2v) is 5.11. The van der Waals surface area contributed by atoms with E-state index in [2.05, 4.69) is 5.32 Å². The monoisotopic (exact) mass is 314 g/mol. The third-order valence-corrected chi connectivity index (χ3v) is 3.38. The Labute approximate surface area is 128 Å². The van der Waals surface area contributed by atoms with E-state index in [9.17, 15) is 9.59 Å². The highest BCUT2D eigenvalue weighted by atomic mass is 35.5. The van der Waals surface area contributed by atoms with E-state index in [0.29, 0.717) is 16.3 Å². The van der Waals surface area contributed by atoms with Crippen LogP contribution >= 0.6 is 11.6 Å². The van der Waals surface area contributed by atoms with E-state index in [1.54, 1.807) is 32.2 Å². The summed E-state index contributed by atoms with van der Waals surface area (Å²) < 4.78 is 5.19. The van der Waals surface area contributed by atoms with Crippen molar-refractivity contribution in [1.82, 2.24) is 10.2 Å². The fourth-order valence-electron chi connectivity index (χ4n) is 1.77. The molecule has 0 spiro atoms. The Hall–Kier alpha value is -1.95. The SMILES string of the molecule is COc1cccc(Cl)c1CNC(=O)N(C)CC(C)C(=O)O. The number of carbonyl (C=O) groups excluding carboxylic acids is 1. The Balaban J connectivity index is 2.63. The third-order valence-electron chi connectivity index (χ3n) is 3.03. The highest BCUT2D eigenvalue weighted by Crippen LogP contribution is 2.25. The van der Waals surface area contributed by atoms with Crippen LogP contribution in [-0.2, 0) is 11.3 Å². The van der Waals surface area contributed by atoms with Gasteiger partial charge in [0.2, 0.25) is 0 Å². The minimum Gasteiger partial charge on any atom is -0.496 e. The number of nitrogens with zero attached hydrogens (tertiary/aromatic N) is 1. The van der Waals surface area contributed by atoms with Crippen LogP contribution in [0.1, 0.15) is 12.5 Å². The highest BCUT2D eigenvalue weighted by Gasteiger charge is 2.17. The fraction of sp³-hybridized carbons (Fsp3) is 0.429. The predicted octanol–water partition coefficient (Wildman–Crippen LogP) is 2.21. The molecule has 7 heteroatoms. The van der Waals surface area contributed by atoms with E-state index in [0.717, 1.165) is 0 Å². The van der Waals surface area contributed by atoms with Gasteiger partial charge in [0.25, 0.3) is 0 Å². The van der Waals surface area contributed by atoms with Gasteiger partial charge < -0.3 is 20.1 Å². The molecule has 0 aliphatic carbocycles. The Kier molecular flexibility index (Phi) is 6.30. The number of hydrogen-bond donors (Lipinski definition) is 2. The number of nitrogens with one attached hydrogen (secondary N) is 1. The first-order valence-corrected chi connectivity index (χ1v) is 6.77. The van der Waals surface area contributed by atoms with Gasteiger partial charge in [-0.3, -0.25) is 4.79 Å². The summed E-state index contributed by atoms with van der Waals surface area (Å²) in [7, 11) is 3.07. The van der Waals surface area contributed by atoms with Crippen LogP contribution in [0.25, 0.3) is 0 Å². The van der Waals surface area contributed by atoms with Gasteiger partial charge in [0.1, 0.15) is 5.75 Å². The molecule has 0 saturated heterocycles. The molecule has 1 aromatic carbocycles. The van der Waals surface area contributed by atoms with Crippen molar-refractivity contribution >= 4 is 23.6 Å². The van der Waals surface area contributed by atoms with Gasteiger partial charge in [-0.05, 0) is 12.1 Å². The molecule has 116 valence electrons. The molecule has 1 rings (SSSR count). The second kappa shape index (κ2) is 7.73. The molecule has 0 aromatic heterocycles. The molecule has 21 heavy (non-hydrogen) atoms. The van der Waals surface area contributed by atoms with Crippen LogP contribution in [0.15, 0.2) is 18.2 Å². The number of methoxy groups -OCH3 is 1. The third kappa shape index (κ3) is 4.82. The van der Waals surface area contributed by atoms with Crippen molar-refractivity contribution in [2.45, 2.75) is 13.5 Å². The number of carboxylic acid groups (broad SMARTS) is 1. The molecule has 0 aliphatic heterocycles. The molecule has 0 aliphatic rings. The lowest BCUT2D eigenvalue weighted by Gasteiger charge is -2.20. The molecule has 0 fully saturated rings. The average molecular weight is 315 g/mol. The van der Waals surface area contributed by atoms with Crippen LogP contribution in [0.3, 0.4) is 0 Å². The van der Waals surface area contributed by atoms with Crippen LogP contribution < -0.4 is 10.1 Å². The number of carboxylic acids is 1. The van der Waals surface area contributed by atoms with Gasteiger partial charge in [-0.15, -0.1) is 0 Å². The Morgan fingerprint density at radius 1 is 1.48 bits per heavy atom. The topological polar surface area (TPSA) is 78.9 Å². The van der Waals surface area contributed by atoms with E-state index in [4.69, 9.17) is 21.4 Å². The average Bonchev–Trinajstić information content (AvgIpc) is 2.44. The van der Waals surface area contributed by atoms with Gasteiger partial charge in [-0.25, -0.2) is 4.79 Å². The highest BCUT2D eigenvalue weighted by molar-refractivity contribution is 6.31. The van der Waals surface area contributed by atoms with Crippen LogP contribution in [0, 0.1) is 5.92 Å². The first-order valence-electron chi connectivity index (χ1n) is 6.40. The molecule has 0 saturated carbocycles. The smallest absolute Gasteiger partial charge is 0.317 e. The number of amides is 2. The zero-order chi connectivity index (χ0) is 16.0. The summed E-state index contributed by atoms with van der Waals surface area (Å²) in [5.41, 5.74) is 0.676. The molecule has 1 unspecified atom stereocenters. The summed E-state index contributed by atoms with van der Waals surface area (Å²) >= 11 is 6.07. The predicted molar refractivity (Wildman–Crippen MR) is 79.7 cm³/mol. The lowest BCUT2D eigenvalue weighted by atomic mass is 10.2. The van der Waals surface area contributed by atoms with Crippen molar-refractivity contribution < 1.29 is 19.4 Å². The first kappa shape index (κ1) is 17.1. The van der Waals surface area contributed by atoms with Crippen molar-refractivity contribution in [2.75, 3.05) is 20.7 Å². The Bertz CT molecular complexity index is 522. The summed E-state index contributed by atoms with van der Waals surface area (Å²) in [6, 6.07) is 4.85. The van der Waals surface area contributed by atoms with Gasteiger partial charge in [-0.1, -0.05) is 24.6 Å². The number of ether oxygens (including phenoxy) is 1. The molecule has 1 atom stereocenters. The quantitative estimate of drug-likeness (QED) is 0.844. The number of rotatable bonds is 6. The Morgan fingerprint density at radius 3 is 2.71 bits per heavy atom. The summed E-state index contributed by atoms with van der Waals surface area (Å²) in [6.07, 6.45) is 0. The van der Waals surface area contributed by atoms with Gasteiger partial charge in [-0.2, -0.15) is 0 Å². The lowest BCUT2D eigenvalue weighted by molar-refractivity contribution is -0.141. The van der Waals surface area contributed by atoms with Crippen molar-refractivity contribution in [3.05, 3.63) is 28.8 Å². The zero-order valence-electron chi connectivity index (χ0n) is 12.2. The largest absolute Gasteiger partial charge is 0.496 e. The van der Waals surface area contributed by atoms with E-state index in [1.165, 1.54) is 12.0 Å². The molecular formula is C14H19ClN2O4. The summed E-state index contributed by atoms with van der Waals surface area (Å²) in [4.78, 5) is 24.0. The number of carbonyl (C=O) groups is 2. The Morgan fingerprint density at radius 2 is 2.14 bits per heavy atom. The van der Waals surface area contributed by atoms with Gasteiger partial charge in [0.05, 0.1) is 13.0 Å². The molecular weight excluding hydrogens is 296 g/mol. The molecule has 2 N–H and O–H groups in total. The summed E-state index contributed by atoms with van der Waals surface area (Å²) in [5.74, 6) is -0.984. The summed E-state index contributed by atoms with van der Waals surface area (Å²) in [6.45, 7) is 1.87. The number of benzene rings is 1. The van der Waals surface area contributed by atoms with Crippen LogP contribution in [0.2, 0.25) is 5.02 Å². The maximum absolute atomic E-state index is 11.9. The van der Waals surface area contributed by atoms with Crippen LogP contribution in [-0.4, -0.2) is 42.7 Å². The van der Waals surface area contributed by atoms with Crippen LogP contribution in [0.4, 0.5) is 4.79 Å². The van der Waals surface area contributed by atoms with E-state index in [1.807, 2.05) is 0 Å². The lowest BCUT2D eigenvalue weighted by Crippen LogP contribution is -2.40.